The number of benzene rings is 1. The fourth-order valence-corrected chi connectivity index (χ4v) is 3.03. The van der Waals surface area contributed by atoms with Gasteiger partial charge in [-0.3, -0.25) is 4.79 Å². The average molecular weight is 350 g/mol. The lowest BCUT2D eigenvalue weighted by molar-refractivity contribution is 0.0400. The van der Waals surface area contributed by atoms with Gasteiger partial charge in [0.05, 0.1) is 24.3 Å². The number of halogens is 3. The fourth-order valence-electron chi connectivity index (χ4n) is 2.84. The maximum absolute atomic E-state index is 13.7. The van der Waals surface area contributed by atoms with Crippen LogP contribution in [0, 0.1) is 5.82 Å². The van der Waals surface area contributed by atoms with Crippen LogP contribution in [0.4, 0.5) is 8.78 Å². The highest BCUT2D eigenvalue weighted by molar-refractivity contribution is 6.28. The van der Waals surface area contributed by atoms with Gasteiger partial charge in [-0.05, 0) is 48.7 Å². The second-order valence-electron chi connectivity index (χ2n) is 6.22. The second kappa shape index (κ2) is 5.77. The van der Waals surface area contributed by atoms with E-state index in [0.29, 0.717) is 17.2 Å². The molecule has 2 aromatic rings. The molecular formula is C17H14ClF2N3O. The highest BCUT2D eigenvalue weighted by Crippen LogP contribution is 2.40. The van der Waals surface area contributed by atoms with Crippen molar-refractivity contribution in [1.29, 1.82) is 0 Å². The number of nitrogens with zero attached hydrogens (tertiary/aromatic N) is 3. The van der Waals surface area contributed by atoms with Crippen molar-refractivity contribution in [1.82, 2.24) is 14.9 Å². The van der Waals surface area contributed by atoms with Crippen molar-refractivity contribution < 1.29 is 13.6 Å². The molecule has 7 heteroatoms. The van der Waals surface area contributed by atoms with Crippen LogP contribution in [0.5, 0.6) is 0 Å². The number of likely N-dealkylation sites (tertiary alicyclic amines) is 1. The van der Waals surface area contributed by atoms with E-state index in [1.165, 1.54) is 17.0 Å². The van der Waals surface area contributed by atoms with E-state index in [9.17, 15) is 13.6 Å². The van der Waals surface area contributed by atoms with Crippen molar-refractivity contribution in [2.24, 2.45) is 0 Å². The molecule has 1 aliphatic carbocycles. The van der Waals surface area contributed by atoms with E-state index in [0.717, 1.165) is 24.6 Å². The average Bonchev–Trinajstić information content (AvgIpc) is 3.35. The van der Waals surface area contributed by atoms with Crippen molar-refractivity contribution >= 4 is 17.5 Å². The van der Waals surface area contributed by atoms with Crippen LogP contribution in [-0.4, -0.2) is 40.0 Å². The monoisotopic (exact) mass is 349 g/mol. The Bertz CT molecular complexity index is 819. The van der Waals surface area contributed by atoms with E-state index in [1.54, 1.807) is 6.07 Å². The van der Waals surface area contributed by atoms with Crippen molar-refractivity contribution in [3.8, 4) is 11.3 Å². The van der Waals surface area contributed by atoms with Crippen molar-refractivity contribution in [2.75, 3.05) is 13.1 Å². The number of rotatable bonds is 3. The van der Waals surface area contributed by atoms with Gasteiger partial charge in [-0.15, -0.1) is 0 Å². The molecule has 1 aliphatic heterocycles. The Balaban J connectivity index is 1.76. The van der Waals surface area contributed by atoms with Crippen LogP contribution >= 0.6 is 11.6 Å². The van der Waals surface area contributed by atoms with E-state index in [4.69, 9.17) is 11.6 Å². The lowest BCUT2D eigenvalue weighted by atomic mass is 10.0. The highest BCUT2D eigenvalue weighted by atomic mass is 35.5. The predicted molar refractivity (Wildman–Crippen MR) is 85.2 cm³/mol. The third-order valence-electron chi connectivity index (χ3n) is 4.33. The Morgan fingerprint density at radius 1 is 1.21 bits per heavy atom. The smallest absolute Gasteiger partial charge is 0.254 e. The van der Waals surface area contributed by atoms with Crippen LogP contribution in [0.1, 0.15) is 34.8 Å². The molecule has 1 aromatic heterocycles. The molecule has 124 valence electrons. The van der Waals surface area contributed by atoms with E-state index in [2.05, 4.69) is 9.97 Å². The zero-order chi connectivity index (χ0) is 16.8. The lowest BCUT2D eigenvalue weighted by Gasteiger charge is -2.34. The first-order chi connectivity index (χ1) is 11.5. The zero-order valence-corrected chi connectivity index (χ0v) is 13.4. The Morgan fingerprint density at radius 2 is 1.96 bits per heavy atom. The van der Waals surface area contributed by atoms with Gasteiger partial charge < -0.3 is 4.90 Å². The summed E-state index contributed by atoms with van der Waals surface area (Å²) in [6.45, 7) is 0.0687. The lowest BCUT2D eigenvalue weighted by Crippen LogP contribution is -2.51. The molecule has 24 heavy (non-hydrogen) atoms. The van der Waals surface area contributed by atoms with Crippen LogP contribution in [0.15, 0.2) is 24.3 Å². The van der Waals surface area contributed by atoms with E-state index >= 15 is 0 Å². The standard InChI is InChI=1S/C17H14ClF2N3O/c18-17-21-14(9-1-2-9)6-15(22-17)12-4-3-10(19)5-13(12)16(24)23-7-11(20)8-23/h3-6,9,11H,1-2,7-8H2. The molecule has 2 heterocycles. The molecule has 2 fully saturated rings. The van der Waals surface area contributed by atoms with Crippen molar-refractivity contribution in [3.63, 3.8) is 0 Å². The summed E-state index contributed by atoms with van der Waals surface area (Å²) >= 11 is 6.01. The molecule has 4 rings (SSSR count). The number of carbonyl (C=O) groups excluding carboxylic acids is 1. The van der Waals surface area contributed by atoms with Gasteiger partial charge in [0, 0.05) is 17.2 Å². The van der Waals surface area contributed by atoms with Crippen LogP contribution in [0.3, 0.4) is 0 Å². The molecule has 0 spiro atoms. The fraction of sp³-hybridized carbons (Fsp3) is 0.353. The van der Waals surface area contributed by atoms with Crippen LogP contribution < -0.4 is 0 Å². The molecular weight excluding hydrogens is 336 g/mol. The van der Waals surface area contributed by atoms with Crippen molar-refractivity contribution in [3.05, 3.63) is 46.6 Å². The number of hydrogen-bond donors (Lipinski definition) is 0. The van der Waals surface area contributed by atoms with Gasteiger partial charge in [0.1, 0.15) is 12.0 Å². The molecule has 0 atom stereocenters. The number of hydrogen-bond acceptors (Lipinski definition) is 3. The topological polar surface area (TPSA) is 46.1 Å². The molecule has 4 nitrogen and oxygen atoms in total. The molecule has 2 aliphatic rings. The quantitative estimate of drug-likeness (QED) is 0.795. The largest absolute Gasteiger partial charge is 0.333 e. The predicted octanol–water partition coefficient (Wildman–Crippen LogP) is 3.61. The normalized spacial score (nSPS) is 17.7. The summed E-state index contributed by atoms with van der Waals surface area (Å²) in [5.41, 5.74) is 1.96. The maximum Gasteiger partial charge on any atom is 0.254 e. The van der Waals surface area contributed by atoms with E-state index in [1.807, 2.05) is 0 Å². The van der Waals surface area contributed by atoms with Crippen molar-refractivity contribution in [2.45, 2.75) is 24.9 Å². The second-order valence-corrected chi connectivity index (χ2v) is 6.56. The SMILES string of the molecule is O=C(c1cc(F)ccc1-c1cc(C2CC2)nc(Cl)n1)N1CC(F)C1. The number of alkyl halides is 1. The minimum atomic E-state index is -1.01. The van der Waals surface area contributed by atoms with E-state index in [-0.39, 0.29) is 23.9 Å². The summed E-state index contributed by atoms with van der Waals surface area (Å²) in [4.78, 5) is 22.3. The van der Waals surface area contributed by atoms with Gasteiger partial charge in [-0.25, -0.2) is 18.7 Å². The first-order valence-electron chi connectivity index (χ1n) is 7.79. The van der Waals surface area contributed by atoms with Gasteiger partial charge in [-0.2, -0.15) is 0 Å². The van der Waals surface area contributed by atoms with E-state index < -0.39 is 17.9 Å². The minimum absolute atomic E-state index is 0.0344. The summed E-state index contributed by atoms with van der Waals surface area (Å²) in [7, 11) is 0. The molecule has 1 aromatic carbocycles. The summed E-state index contributed by atoms with van der Waals surface area (Å²) in [6.07, 6.45) is 1.09. The summed E-state index contributed by atoms with van der Waals surface area (Å²) in [6, 6.07) is 5.73. The van der Waals surface area contributed by atoms with Crippen LogP contribution in [-0.2, 0) is 0 Å². The molecule has 0 bridgehead atoms. The maximum atomic E-state index is 13.7. The van der Waals surface area contributed by atoms with Gasteiger partial charge in [0.15, 0.2) is 0 Å². The Morgan fingerprint density at radius 3 is 2.62 bits per heavy atom. The molecule has 0 radical (unpaired) electrons. The van der Waals surface area contributed by atoms with Crippen LogP contribution in [0.25, 0.3) is 11.3 Å². The van der Waals surface area contributed by atoms with Gasteiger partial charge in [0.25, 0.3) is 5.91 Å². The molecule has 1 saturated heterocycles. The third-order valence-corrected chi connectivity index (χ3v) is 4.50. The number of amides is 1. The molecule has 1 saturated carbocycles. The summed E-state index contributed by atoms with van der Waals surface area (Å²) < 4.78 is 26.7. The Hall–Kier alpha value is -2.08. The summed E-state index contributed by atoms with van der Waals surface area (Å²) in [5, 5.41) is 0.102. The first kappa shape index (κ1) is 15.4. The zero-order valence-electron chi connectivity index (χ0n) is 12.7. The number of aromatic nitrogens is 2. The first-order valence-corrected chi connectivity index (χ1v) is 8.17. The Labute approximate surface area is 142 Å². The molecule has 1 amide bonds. The highest BCUT2D eigenvalue weighted by Gasteiger charge is 2.33. The minimum Gasteiger partial charge on any atom is -0.333 e. The Kier molecular flexibility index (Phi) is 3.72. The van der Waals surface area contributed by atoms with Gasteiger partial charge in [0.2, 0.25) is 5.28 Å². The number of carbonyl (C=O) groups is 1. The third kappa shape index (κ3) is 2.86. The van der Waals surface area contributed by atoms with Gasteiger partial charge in [-0.1, -0.05) is 0 Å². The summed E-state index contributed by atoms with van der Waals surface area (Å²) in [5.74, 6) is -0.561. The molecule has 0 unspecified atom stereocenters. The van der Waals surface area contributed by atoms with Gasteiger partial charge >= 0.3 is 0 Å². The van der Waals surface area contributed by atoms with Crippen LogP contribution in [0.2, 0.25) is 5.28 Å². The molecule has 0 N–H and O–H groups in total.